The first-order chi connectivity index (χ1) is 11.1. The summed E-state index contributed by atoms with van der Waals surface area (Å²) in [5.74, 6) is 0.00128. The maximum Gasteiger partial charge on any atom is 0.325 e. The third-order valence-electron chi connectivity index (χ3n) is 5.37. The van der Waals surface area contributed by atoms with E-state index in [0.29, 0.717) is 6.42 Å². The van der Waals surface area contributed by atoms with Crippen LogP contribution in [0.1, 0.15) is 44.7 Å². The SMILES string of the molecule is CC(=O)[C@@H]1C[C@H](CC(=O)NC(=O)Nc2c(C)cccc2C)C1(C)C. The molecular weight excluding hydrogens is 304 g/mol. The number of carbonyl (C=O) groups excluding carboxylic acids is 3. The quantitative estimate of drug-likeness (QED) is 0.886. The maximum absolute atomic E-state index is 12.1. The summed E-state index contributed by atoms with van der Waals surface area (Å²) >= 11 is 0. The van der Waals surface area contributed by atoms with Gasteiger partial charge in [0, 0.05) is 18.0 Å². The molecule has 0 unspecified atom stereocenters. The van der Waals surface area contributed by atoms with Crippen molar-refractivity contribution < 1.29 is 14.4 Å². The molecule has 3 amide bonds. The molecule has 1 aromatic carbocycles. The fourth-order valence-electron chi connectivity index (χ4n) is 3.61. The van der Waals surface area contributed by atoms with Crippen molar-refractivity contribution in [2.75, 3.05) is 5.32 Å². The number of nitrogens with one attached hydrogen (secondary N) is 2. The number of hydrogen-bond acceptors (Lipinski definition) is 3. The molecule has 0 spiro atoms. The summed E-state index contributed by atoms with van der Waals surface area (Å²) in [6.45, 7) is 9.43. The molecule has 2 N–H and O–H groups in total. The van der Waals surface area contributed by atoms with E-state index in [9.17, 15) is 14.4 Å². The Hall–Kier alpha value is -2.17. The van der Waals surface area contributed by atoms with Crippen LogP contribution in [0, 0.1) is 31.1 Å². The molecule has 130 valence electrons. The molecule has 1 aromatic rings. The zero-order valence-corrected chi connectivity index (χ0v) is 15.0. The predicted molar refractivity (Wildman–Crippen MR) is 93.8 cm³/mol. The smallest absolute Gasteiger partial charge is 0.307 e. The van der Waals surface area contributed by atoms with Gasteiger partial charge < -0.3 is 5.32 Å². The van der Waals surface area contributed by atoms with Crippen LogP contribution in [0.4, 0.5) is 10.5 Å². The standard InChI is InChI=1S/C19H26N2O3/c1-11-7-6-8-12(2)17(11)21-18(24)20-16(23)10-14-9-15(13(3)22)19(14,4)5/h6-8,14-15H,9-10H2,1-5H3,(H2,20,21,23,24)/t14-,15+/m1/s1. The number of benzene rings is 1. The third-order valence-corrected chi connectivity index (χ3v) is 5.37. The molecule has 0 aliphatic heterocycles. The van der Waals surface area contributed by atoms with Crippen molar-refractivity contribution in [2.24, 2.45) is 17.3 Å². The summed E-state index contributed by atoms with van der Waals surface area (Å²) in [7, 11) is 0. The molecule has 2 atom stereocenters. The van der Waals surface area contributed by atoms with Crippen LogP contribution >= 0.6 is 0 Å². The van der Waals surface area contributed by atoms with Gasteiger partial charge in [0.1, 0.15) is 5.78 Å². The van der Waals surface area contributed by atoms with E-state index < -0.39 is 6.03 Å². The van der Waals surface area contributed by atoms with Gasteiger partial charge in [-0.2, -0.15) is 0 Å². The molecule has 0 saturated heterocycles. The van der Waals surface area contributed by atoms with Gasteiger partial charge in [0.05, 0.1) is 0 Å². The lowest BCUT2D eigenvalue weighted by atomic mass is 9.52. The largest absolute Gasteiger partial charge is 0.325 e. The summed E-state index contributed by atoms with van der Waals surface area (Å²) in [5, 5.41) is 5.13. The molecule has 1 fully saturated rings. The molecule has 0 radical (unpaired) electrons. The second kappa shape index (κ2) is 6.75. The van der Waals surface area contributed by atoms with Gasteiger partial charge in [0.2, 0.25) is 5.91 Å². The molecule has 2 rings (SSSR count). The van der Waals surface area contributed by atoms with Gasteiger partial charge in [0.25, 0.3) is 0 Å². The van der Waals surface area contributed by atoms with Crippen LogP contribution in [0.15, 0.2) is 18.2 Å². The van der Waals surface area contributed by atoms with E-state index >= 15 is 0 Å². The Balaban J connectivity index is 1.89. The summed E-state index contributed by atoms with van der Waals surface area (Å²) in [6, 6.07) is 5.22. The average molecular weight is 330 g/mol. The van der Waals surface area contributed by atoms with Gasteiger partial charge in [-0.3, -0.25) is 14.9 Å². The van der Waals surface area contributed by atoms with Crippen molar-refractivity contribution in [2.45, 2.75) is 47.5 Å². The van der Waals surface area contributed by atoms with Crippen LogP contribution in [0.25, 0.3) is 0 Å². The number of ketones is 1. The minimum Gasteiger partial charge on any atom is -0.307 e. The van der Waals surface area contributed by atoms with Gasteiger partial charge in [-0.1, -0.05) is 32.0 Å². The number of amides is 3. The van der Waals surface area contributed by atoms with Gasteiger partial charge in [-0.05, 0) is 49.7 Å². The third kappa shape index (κ3) is 3.66. The fraction of sp³-hybridized carbons (Fsp3) is 0.526. The molecule has 1 aliphatic carbocycles. The van der Waals surface area contributed by atoms with Crippen LogP contribution < -0.4 is 10.6 Å². The number of carbonyl (C=O) groups is 3. The number of rotatable bonds is 4. The zero-order valence-electron chi connectivity index (χ0n) is 15.0. The molecular formula is C19H26N2O3. The second-order valence-corrected chi connectivity index (χ2v) is 7.39. The number of urea groups is 1. The van der Waals surface area contributed by atoms with Gasteiger partial charge in [-0.15, -0.1) is 0 Å². The highest BCUT2D eigenvalue weighted by Gasteiger charge is 2.50. The Morgan fingerprint density at radius 1 is 1.17 bits per heavy atom. The van der Waals surface area contributed by atoms with Crippen molar-refractivity contribution in [1.82, 2.24) is 5.32 Å². The number of aryl methyl sites for hydroxylation is 2. The number of anilines is 1. The number of imide groups is 1. The van der Waals surface area contributed by atoms with E-state index in [1.165, 1.54) is 0 Å². The number of hydrogen-bond donors (Lipinski definition) is 2. The Morgan fingerprint density at radius 2 is 1.75 bits per heavy atom. The Kier molecular flexibility index (Phi) is 5.11. The molecule has 24 heavy (non-hydrogen) atoms. The summed E-state index contributed by atoms with van der Waals surface area (Å²) < 4.78 is 0. The average Bonchev–Trinajstić information content (AvgIpc) is 2.46. The van der Waals surface area contributed by atoms with Gasteiger partial charge in [0.15, 0.2) is 0 Å². The highest BCUT2D eigenvalue weighted by molar-refractivity contribution is 6.02. The van der Waals surface area contributed by atoms with Crippen molar-refractivity contribution in [3.05, 3.63) is 29.3 Å². The highest BCUT2D eigenvalue weighted by atomic mass is 16.2. The Bertz CT molecular complexity index is 659. The first-order valence-corrected chi connectivity index (χ1v) is 8.30. The predicted octanol–water partition coefficient (Wildman–Crippen LogP) is 3.59. The van der Waals surface area contributed by atoms with Crippen LogP contribution in [-0.4, -0.2) is 17.7 Å². The first-order valence-electron chi connectivity index (χ1n) is 8.30. The van der Waals surface area contributed by atoms with E-state index in [4.69, 9.17) is 0 Å². The van der Waals surface area contributed by atoms with Gasteiger partial charge in [-0.25, -0.2) is 4.79 Å². The topological polar surface area (TPSA) is 75.3 Å². The Morgan fingerprint density at radius 3 is 2.25 bits per heavy atom. The van der Waals surface area contributed by atoms with Crippen LogP contribution in [0.3, 0.4) is 0 Å². The lowest BCUT2D eigenvalue weighted by molar-refractivity contribution is -0.140. The highest BCUT2D eigenvalue weighted by Crippen LogP contribution is 2.53. The molecule has 0 bridgehead atoms. The van der Waals surface area contributed by atoms with E-state index in [0.717, 1.165) is 16.8 Å². The van der Waals surface area contributed by atoms with E-state index in [1.807, 2.05) is 45.9 Å². The van der Waals surface area contributed by atoms with Crippen molar-refractivity contribution >= 4 is 23.4 Å². The van der Waals surface area contributed by atoms with E-state index in [1.54, 1.807) is 6.92 Å². The minimum atomic E-state index is -0.516. The summed E-state index contributed by atoms with van der Waals surface area (Å²) in [4.78, 5) is 35.7. The normalized spacial score (nSPS) is 21.5. The van der Waals surface area contributed by atoms with E-state index in [-0.39, 0.29) is 35.4 Å². The van der Waals surface area contributed by atoms with Gasteiger partial charge >= 0.3 is 6.03 Å². The Labute approximate surface area is 143 Å². The molecule has 0 heterocycles. The molecule has 1 aliphatic rings. The van der Waals surface area contributed by atoms with Crippen molar-refractivity contribution in [1.29, 1.82) is 0 Å². The summed E-state index contributed by atoms with van der Waals surface area (Å²) in [6.07, 6.45) is 0.977. The lowest BCUT2D eigenvalue weighted by Gasteiger charge is -2.51. The van der Waals surface area contributed by atoms with E-state index in [2.05, 4.69) is 10.6 Å². The molecule has 5 nitrogen and oxygen atoms in total. The van der Waals surface area contributed by atoms with Crippen LogP contribution in [0.5, 0.6) is 0 Å². The molecule has 5 heteroatoms. The first kappa shape index (κ1) is 18.2. The van der Waals surface area contributed by atoms with Crippen molar-refractivity contribution in [3.63, 3.8) is 0 Å². The number of para-hydroxylation sites is 1. The van der Waals surface area contributed by atoms with Crippen molar-refractivity contribution in [3.8, 4) is 0 Å². The lowest BCUT2D eigenvalue weighted by Crippen LogP contribution is -2.50. The fourth-order valence-corrected chi connectivity index (χ4v) is 3.61. The maximum atomic E-state index is 12.1. The number of Topliss-reactive ketones (excluding diaryl/α,β-unsaturated/α-hetero) is 1. The molecule has 1 saturated carbocycles. The second-order valence-electron chi connectivity index (χ2n) is 7.39. The van der Waals surface area contributed by atoms with Crippen LogP contribution in [0.2, 0.25) is 0 Å². The monoisotopic (exact) mass is 330 g/mol. The van der Waals surface area contributed by atoms with Crippen LogP contribution in [-0.2, 0) is 9.59 Å². The summed E-state index contributed by atoms with van der Waals surface area (Å²) in [5.41, 5.74) is 2.43. The zero-order chi connectivity index (χ0) is 18.1. The molecule has 0 aromatic heterocycles. The minimum absolute atomic E-state index is 0.0127.